The van der Waals surface area contributed by atoms with Crippen molar-refractivity contribution in [3.8, 4) is 17.5 Å². The van der Waals surface area contributed by atoms with Crippen molar-refractivity contribution in [2.45, 2.75) is 0 Å². The van der Waals surface area contributed by atoms with Crippen molar-refractivity contribution < 1.29 is 4.74 Å². The molecule has 16 heavy (non-hydrogen) atoms. The van der Waals surface area contributed by atoms with E-state index in [0.717, 1.165) is 0 Å². The number of nitrogens with zero attached hydrogens (tertiary/aromatic N) is 3. The lowest BCUT2D eigenvalue weighted by atomic mass is 10.2. The Morgan fingerprint density at radius 3 is 3.00 bits per heavy atom. The highest BCUT2D eigenvalue weighted by Crippen LogP contribution is 2.28. The average molecular weight is 214 g/mol. The standard InChI is InChI=1S/C11H10N4O/c1-16-9-4-2-3-8(11(9)13)15-6-5-14-10(15)7-12/h2-6H,13H2,1H3. The maximum atomic E-state index is 8.88. The monoisotopic (exact) mass is 214 g/mol. The Hall–Kier alpha value is -2.48. The van der Waals surface area contributed by atoms with Crippen LogP contribution >= 0.6 is 0 Å². The Kier molecular flexibility index (Phi) is 2.48. The van der Waals surface area contributed by atoms with Crippen LogP contribution in [-0.2, 0) is 0 Å². The Morgan fingerprint density at radius 1 is 1.50 bits per heavy atom. The van der Waals surface area contributed by atoms with Gasteiger partial charge in [-0.05, 0) is 12.1 Å². The van der Waals surface area contributed by atoms with Crippen molar-refractivity contribution in [3.05, 3.63) is 36.4 Å². The summed E-state index contributed by atoms with van der Waals surface area (Å²) in [5, 5.41) is 8.88. The second-order valence-corrected chi connectivity index (χ2v) is 3.13. The first-order valence-electron chi connectivity index (χ1n) is 4.64. The van der Waals surface area contributed by atoms with Crippen molar-refractivity contribution >= 4 is 5.69 Å². The number of aromatic nitrogens is 2. The molecule has 0 atom stereocenters. The number of rotatable bonds is 2. The van der Waals surface area contributed by atoms with Crippen LogP contribution in [0.5, 0.6) is 5.75 Å². The van der Waals surface area contributed by atoms with Gasteiger partial charge in [-0.15, -0.1) is 0 Å². The maximum absolute atomic E-state index is 8.88. The Morgan fingerprint density at radius 2 is 2.31 bits per heavy atom. The van der Waals surface area contributed by atoms with Gasteiger partial charge in [0.15, 0.2) is 0 Å². The van der Waals surface area contributed by atoms with E-state index in [9.17, 15) is 0 Å². The third kappa shape index (κ3) is 1.46. The molecule has 2 rings (SSSR count). The number of hydrogen-bond acceptors (Lipinski definition) is 4. The molecule has 0 spiro atoms. The van der Waals surface area contributed by atoms with Gasteiger partial charge in [0.05, 0.1) is 18.5 Å². The van der Waals surface area contributed by atoms with Crippen molar-refractivity contribution in [2.75, 3.05) is 12.8 Å². The highest BCUT2D eigenvalue weighted by molar-refractivity contribution is 5.67. The van der Waals surface area contributed by atoms with Gasteiger partial charge >= 0.3 is 0 Å². The van der Waals surface area contributed by atoms with Gasteiger partial charge in [-0.3, -0.25) is 4.57 Å². The molecule has 2 aromatic rings. The molecule has 1 aromatic carbocycles. The minimum absolute atomic E-state index is 0.292. The van der Waals surface area contributed by atoms with Crippen LogP contribution in [0.25, 0.3) is 5.69 Å². The number of methoxy groups -OCH3 is 1. The molecule has 0 saturated heterocycles. The molecule has 0 aliphatic heterocycles. The van der Waals surface area contributed by atoms with E-state index in [1.54, 1.807) is 36.2 Å². The van der Waals surface area contributed by atoms with Crippen LogP contribution < -0.4 is 10.5 Å². The number of anilines is 1. The normalized spacial score (nSPS) is 9.75. The van der Waals surface area contributed by atoms with Crippen LogP contribution in [0, 0.1) is 11.3 Å². The van der Waals surface area contributed by atoms with Gasteiger partial charge in [0.2, 0.25) is 5.82 Å². The lowest BCUT2D eigenvalue weighted by Crippen LogP contribution is -2.03. The molecule has 0 fully saturated rings. The topological polar surface area (TPSA) is 76.9 Å². The molecule has 0 saturated carbocycles. The molecule has 0 bridgehead atoms. The third-order valence-corrected chi connectivity index (χ3v) is 2.26. The predicted octanol–water partition coefficient (Wildman–Crippen LogP) is 1.33. The Bertz CT molecular complexity index is 553. The summed E-state index contributed by atoms with van der Waals surface area (Å²) in [5.41, 5.74) is 7.10. The van der Waals surface area contributed by atoms with Crippen molar-refractivity contribution in [2.24, 2.45) is 0 Å². The minimum atomic E-state index is 0.292. The zero-order chi connectivity index (χ0) is 11.5. The first kappa shape index (κ1) is 10.1. The highest BCUT2D eigenvalue weighted by atomic mass is 16.5. The summed E-state index contributed by atoms with van der Waals surface area (Å²) in [6.45, 7) is 0. The van der Waals surface area contributed by atoms with Crippen molar-refractivity contribution in [1.29, 1.82) is 5.26 Å². The van der Waals surface area contributed by atoms with Gasteiger partial charge in [0.25, 0.3) is 0 Å². The molecule has 0 aliphatic carbocycles. The van der Waals surface area contributed by atoms with Gasteiger partial charge in [0.1, 0.15) is 11.8 Å². The zero-order valence-corrected chi connectivity index (χ0v) is 8.71. The number of benzene rings is 1. The smallest absolute Gasteiger partial charge is 0.217 e. The Labute approximate surface area is 92.7 Å². The first-order valence-corrected chi connectivity index (χ1v) is 4.64. The number of nitrogens with two attached hydrogens (primary N) is 1. The van der Waals surface area contributed by atoms with Crippen molar-refractivity contribution in [1.82, 2.24) is 9.55 Å². The number of para-hydroxylation sites is 1. The maximum Gasteiger partial charge on any atom is 0.217 e. The lowest BCUT2D eigenvalue weighted by Gasteiger charge is -2.10. The molecule has 0 amide bonds. The average Bonchev–Trinajstić information content (AvgIpc) is 2.77. The molecule has 5 nitrogen and oxygen atoms in total. The zero-order valence-electron chi connectivity index (χ0n) is 8.71. The summed E-state index contributed by atoms with van der Waals surface area (Å²) < 4.78 is 6.74. The van der Waals surface area contributed by atoms with E-state index in [4.69, 9.17) is 15.7 Å². The molecule has 1 heterocycles. The van der Waals surface area contributed by atoms with Gasteiger partial charge in [-0.2, -0.15) is 5.26 Å². The van der Waals surface area contributed by atoms with Crippen LogP contribution in [0.2, 0.25) is 0 Å². The fourth-order valence-electron chi connectivity index (χ4n) is 1.50. The van der Waals surface area contributed by atoms with E-state index in [2.05, 4.69) is 4.98 Å². The fraction of sp³-hybridized carbons (Fsp3) is 0.0909. The number of nitrogen functional groups attached to an aromatic ring is 1. The molecule has 80 valence electrons. The van der Waals surface area contributed by atoms with E-state index < -0.39 is 0 Å². The second kappa shape index (κ2) is 3.95. The van der Waals surface area contributed by atoms with Gasteiger partial charge < -0.3 is 10.5 Å². The molecular weight excluding hydrogens is 204 g/mol. The summed E-state index contributed by atoms with van der Waals surface area (Å²) in [6, 6.07) is 7.38. The third-order valence-electron chi connectivity index (χ3n) is 2.26. The molecular formula is C11H10N4O. The lowest BCUT2D eigenvalue weighted by molar-refractivity contribution is 0.417. The molecule has 5 heteroatoms. The molecule has 0 radical (unpaired) electrons. The van der Waals surface area contributed by atoms with Crippen LogP contribution in [0.15, 0.2) is 30.6 Å². The van der Waals surface area contributed by atoms with Crippen LogP contribution in [0.1, 0.15) is 5.82 Å². The van der Waals surface area contributed by atoms with Crippen LogP contribution in [0.3, 0.4) is 0 Å². The second-order valence-electron chi connectivity index (χ2n) is 3.13. The number of imidazole rings is 1. The summed E-state index contributed by atoms with van der Waals surface area (Å²) in [6.07, 6.45) is 3.24. The number of nitriles is 1. The summed E-state index contributed by atoms with van der Waals surface area (Å²) in [4.78, 5) is 3.91. The van der Waals surface area contributed by atoms with Gasteiger partial charge in [-0.25, -0.2) is 4.98 Å². The van der Waals surface area contributed by atoms with E-state index in [1.165, 1.54) is 0 Å². The molecule has 0 aliphatic rings. The highest BCUT2D eigenvalue weighted by Gasteiger charge is 2.10. The van der Waals surface area contributed by atoms with Gasteiger partial charge in [0, 0.05) is 12.4 Å². The summed E-state index contributed by atoms with van der Waals surface area (Å²) in [7, 11) is 1.55. The summed E-state index contributed by atoms with van der Waals surface area (Å²) in [5.74, 6) is 0.870. The Balaban J connectivity index is 2.62. The minimum Gasteiger partial charge on any atom is -0.495 e. The predicted molar refractivity (Wildman–Crippen MR) is 59.2 cm³/mol. The fourth-order valence-corrected chi connectivity index (χ4v) is 1.50. The number of hydrogen-bond donors (Lipinski definition) is 1. The van der Waals surface area contributed by atoms with Crippen LogP contribution in [-0.4, -0.2) is 16.7 Å². The first-order chi connectivity index (χ1) is 7.77. The summed E-state index contributed by atoms with van der Waals surface area (Å²) >= 11 is 0. The van der Waals surface area contributed by atoms with E-state index >= 15 is 0 Å². The molecule has 2 N–H and O–H groups in total. The van der Waals surface area contributed by atoms with E-state index in [0.29, 0.717) is 22.9 Å². The number of ether oxygens (including phenoxy) is 1. The van der Waals surface area contributed by atoms with Crippen LogP contribution in [0.4, 0.5) is 5.69 Å². The van der Waals surface area contributed by atoms with Crippen molar-refractivity contribution in [3.63, 3.8) is 0 Å². The quantitative estimate of drug-likeness (QED) is 0.765. The van der Waals surface area contributed by atoms with E-state index in [1.807, 2.05) is 12.1 Å². The molecule has 0 unspecified atom stereocenters. The molecule has 1 aromatic heterocycles. The van der Waals surface area contributed by atoms with Gasteiger partial charge in [-0.1, -0.05) is 6.07 Å². The SMILES string of the molecule is COc1cccc(-n2ccnc2C#N)c1N. The largest absolute Gasteiger partial charge is 0.495 e. The van der Waals surface area contributed by atoms with E-state index in [-0.39, 0.29) is 0 Å².